The molecule has 1 aliphatic carbocycles. The van der Waals surface area contributed by atoms with E-state index < -0.39 is 23.8 Å². The standard InChI is InChI=1S/C25H29N3O3.C13H9N2O4.C7H13.2Li/c1-6-28(7-2)15-21-23(30-4)10-17(11-24(21)31-5)20-14-27(3)25(29)19-13-26-22(12-18(19)20)16-8-9-16;16-10-6-5-9(11(17)14-10)15-12(18)7-3-1-2-4-8(7)13(15)19;1-4-7(5-2)6-3;;/h10-14,16H,1-2,6-9,15H2,3-5H3;1,3-4,9H,5-6H2,(H,14,16,17);7H,1-6H2;;/q-2;-1;-3;2*+1. The van der Waals surface area contributed by atoms with Gasteiger partial charge in [-0.1, -0.05) is 11.1 Å². The summed E-state index contributed by atoms with van der Waals surface area (Å²) in [4.78, 5) is 67.5. The molecule has 7 rings (SSSR count). The Hall–Kier alpha value is -4.17. The fourth-order valence-electron chi connectivity index (χ4n) is 6.79. The third-order valence-corrected chi connectivity index (χ3v) is 10.5. The molecule has 0 bridgehead atoms. The number of hydrogen-bond acceptors (Lipinski definition) is 9. The molecule has 2 aliphatic heterocycles. The van der Waals surface area contributed by atoms with Crippen LogP contribution in [0, 0.1) is 46.6 Å². The first-order valence-electron chi connectivity index (χ1n) is 19.1. The minimum Gasteiger partial charge on any atom is -0.496 e. The van der Waals surface area contributed by atoms with Crippen molar-refractivity contribution >= 4 is 34.4 Å². The molecule has 1 saturated carbocycles. The molecule has 4 amide bonds. The maximum Gasteiger partial charge on any atom is 1.00 e. The van der Waals surface area contributed by atoms with Crippen LogP contribution in [-0.4, -0.2) is 76.3 Å². The number of carbonyl (C=O) groups is 4. The van der Waals surface area contributed by atoms with Gasteiger partial charge in [-0.15, -0.1) is 19.0 Å². The van der Waals surface area contributed by atoms with Gasteiger partial charge in [0, 0.05) is 55.1 Å². The first kappa shape index (κ1) is 49.2. The van der Waals surface area contributed by atoms with E-state index >= 15 is 0 Å². The second kappa shape index (κ2) is 22.4. The second-order valence-electron chi connectivity index (χ2n) is 14.2. The zero-order valence-electron chi connectivity index (χ0n) is 35.1. The van der Waals surface area contributed by atoms with Crippen molar-refractivity contribution in [2.75, 3.05) is 27.3 Å². The van der Waals surface area contributed by atoms with E-state index in [4.69, 9.17) is 9.47 Å². The first-order valence-corrected chi connectivity index (χ1v) is 19.1. The first-order chi connectivity index (χ1) is 27.4. The van der Waals surface area contributed by atoms with E-state index in [-0.39, 0.29) is 73.2 Å². The van der Waals surface area contributed by atoms with Gasteiger partial charge in [0.05, 0.1) is 19.6 Å². The molecule has 1 unspecified atom stereocenters. The number of imide groups is 2. The summed E-state index contributed by atoms with van der Waals surface area (Å²) in [5, 5.41) is 3.67. The number of aromatic nitrogens is 2. The van der Waals surface area contributed by atoms with Crippen LogP contribution in [0.25, 0.3) is 21.9 Å². The van der Waals surface area contributed by atoms with Crippen LogP contribution in [0.3, 0.4) is 0 Å². The quantitative estimate of drug-likeness (QED) is 0.121. The van der Waals surface area contributed by atoms with Crippen LogP contribution in [0.4, 0.5) is 0 Å². The minimum absolute atomic E-state index is 0. The summed E-state index contributed by atoms with van der Waals surface area (Å²) in [6.45, 7) is 21.1. The number of aryl methyl sites for hydroxylation is 1. The third-order valence-electron chi connectivity index (χ3n) is 10.5. The van der Waals surface area contributed by atoms with Crippen LogP contribution in [0.2, 0.25) is 0 Å². The predicted octanol–water partition coefficient (Wildman–Crippen LogP) is 0.136. The van der Waals surface area contributed by atoms with E-state index in [1.165, 1.54) is 18.2 Å². The molecular formula is C45H51Li2N5O7-4. The summed E-state index contributed by atoms with van der Waals surface area (Å²) in [7, 11) is 5.09. The number of benzene rings is 2. The summed E-state index contributed by atoms with van der Waals surface area (Å²) in [5.74, 6) is 0.638. The Labute approximate surface area is 372 Å². The molecule has 59 heavy (non-hydrogen) atoms. The predicted molar refractivity (Wildman–Crippen MR) is 219 cm³/mol. The molecular weight excluding hydrogens is 736 g/mol. The number of ether oxygens (including phenoxy) is 2. The molecule has 304 valence electrons. The van der Waals surface area contributed by atoms with Crippen LogP contribution in [0.1, 0.15) is 82.8 Å². The molecule has 4 aromatic rings. The monoisotopic (exact) mass is 787 g/mol. The number of pyridine rings is 2. The van der Waals surface area contributed by atoms with Gasteiger partial charge in [0.15, 0.2) is 0 Å². The van der Waals surface area contributed by atoms with Crippen molar-refractivity contribution in [1.29, 1.82) is 0 Å². The topological polar surface area (TPSA) is 140 Å². The average molecular weight is 788 g/mol. The molecule has 3 aliphatic rings. The fourth-order valence-corrected chi connectivity index (χ4v) is 6.79. The molecule has 1 atom stereocenters. The van der Waals surface area contributed by atoms with Gasteiger partial charge in [0.25, 0.3) is 5.56 Å². The Bertz CT molecular complexity index is 2110. The zero-order chi connectivity index (χ0) is 41.4. The maximum atomic E-state index is 12.8. The van der Waals surface area contributed by atoms with E-state index in [1.54, 1.807) is 32.0 Å². The van der Waals surface area contributed by atoms with Crippen LogP contribution >= 0.6 is 0 Å². The van der Waals surface area contributed by atoms with Crippen LogP contribution in [-0.2, 0) is 23.2 Å². The number of carbonyl (C=O) groups excluding carboxylic acids is 4. The fraction of sp³-hybridized carbons (Fsp3) is 0.356. The number of amides is 4. The Morgan fingerprint density at radius 2 is 1.47 bits per heavy atom. The smallest absolute Gasteiger partial charge is 0.496 e. The molecule has 2 fully saturated rings. The van der Waals surface area contributed by atoms with Crippen molar-refractivity contribution in [3.8, 4) is 22.6 Å². The summed E-state index contributed by atoms with van der Waals surface area (Å²) in [5.41, 5.74) is 4.36. The van der Waals surface area contributed by atoms with Crippen LogP contribution in [0.5, 0.6) is 11.5 Å². The molecule has 4 heterocycles. The minimum atomic E-state index is -0.912. The van der Waals surface area contributed by atoms with Crippen molar-refractivity contribution in [1.82, 2.24) is 24.7 Å². The number of piperidine rings is 1. The van der Waals surface area contributed by atoms with Crippen molar-refractivity contribution in [2.24, 2.45) is 13.0 Å². The van der Waals surface area contributed by atoms with E-state index in [2.05, 4.69) is 62.0 Å². The Morgan fingerprint density at radius 3 is 1.98 bits per heavy atom. The third kappa shape index (κ3) is 11.2. The van der Waals surface area contributed by atoms with Crippen molar-refractivity contribution < 1.29 is 66.4 Å². The van der Waals surface area contributed by atoms with Gasteiger partial charge >= 0.3 is 37.7 Å². The number of nitrogens with one attached hydrogen (secondary N) is 1. The Morgan fingerprint density at radius 1 is 0.864 bits per heavy atom. The number of fused-ring (bicyclic) bond motifs is 2. The number of rotatable bonds is 12. The van der Waals surface area contributed by atoms with Gasteiger partial charge in [-0.05, 0) is 48.4 Å². The van der Waals surface area contributed by atoms with Gasteiger partial charge < -0.3 is 53.6 Å². The van der Waals surface area contributed by atoms with E-state index in [1.807, 2.05) is 18.3 Å². The second-order valence-corrected chi connectivity index (χ2v) is 14.2. The van der Waals surface area contributed by atoms with E-state index in [9.17, 15) is 24.0 Å². The molecule has 2 aromatic heterocycles. The summed E-state index contributed by atoms with van der Waals surface area (Å²) in [6, 6.07) is 12.4. The summed E-state index contributed by atoms with van der Waals surface area (Å²) >= 11 is 0. The Balaban J connectivity index is 0.000000283. The Kier molecular flexibility index (Phi) is 18.7. The maximum absolute atomic E-state index is 12.8. The van der Waals surface area contributed by atoms with Crippen molar-refractivity contribution in [3.63, 3.8) is 0 Å². The van der Waals surface area contributed by atoms with Gasteiger partial charge in [0.2, 0.25) is 23.6 Å². The number of methoxy groups -OCH3 is 2. The molecule has 1 saturated heterocycles. The number of hydrogen-bond donors (Lipinski definition) is 1. The van der Waals surface area contributed by atoms with E-state index in [0.29, 0.717) is 36.9 Å². The SMILES string of the molecule is O=C1CCC(N2C(=O)c3c[c-]ccc3C2=O)C(=O)N1.[CH2-]CC(C[CH2-])C[CH2-].[CH2-]CN(C[CH2-])Cc1c(OC)cc(-c2cn(C)c(=O)c3cnc(C4CC4)cc23)cc1OC.[Li+].[Li+]. The molecule has 2 aromatic carbocycles. The molecule has 14 heteroatoms. The summed E-state index contributed by atoms with van der Waals surface area (Å²) < 4.78 is 13.1. The molecule has 1 N–H and O–H groups in total. The molecule has 12 nitrogen and oxygen atoms in total. The van der Waals surface area contributed by atoms with Gasteiger partial charge in [-0.3, -0.25) is 39.2 Å². The van der Waals surface area contributed by atoms with Gasteiger partial charge in [-0.2, -0.15) is 43.5 Å². The molecule has 0 radical (unpaired) electrons. The summed E-state index contributed by atoms with van der Waals surface area (Å²) in [6.07, 6.45) is 9.14. The largest absolute Gasteiger partial charge is 1.00 e. The van der Waals surface area contributed by atoms with Gasteiger partial charge in [-0.25, -0.2) is 0 Å². The normalized spacial score (nSPS) is 15.7. The van der Waals surface area contributed by atoms with Crippen molar-refractivity contribution in [3.05, 3.63) is 122 Å². The van der Waals surface area contributed by atoms with Crippen molar-refractivity contribution in [2.45, 2.75) is 63.5 Å². The van der Waals surface area contributed by atoms with Crippen LogP contribution < -0.4 is 58.1 Å². The van der Waals surface area contributed by atoms with E-state index in [0.717, 1.165) is 76.3 Å². The average Bonchev–Trinajstić information content (AvgIpc) is 4.05. The molecule has 0 spiro atoms. The van der Waals surface area contributed by atoms with Gasteiger partial charge in [0.1, 0.15) is 17.5 Å². The zero-order valence-corrected chi connectivity index (χ0v) is 35.1. The number of nitrogens with zero attached hydrogens (tertiary/aromatic N) is 4. The van der Waals surface area contributed by atoms with Crippen LogP contribution in [0.15, 0.2) is 53.6 Å².